The molecule has 0 aliphatic heterocycles. The van der Waals surface area contributed by atoms with E-state index in [-0.39, 0.29) is 18.4 Å². The number of rotatable bonds is 7. The molecule has 1 aromatic carbocycles. The fourth-order valence-electron chi connectivity index (χ4n) is 3.57. The van der Waals surface area contributed by atoms with E-state index in [1.54, 1.807) is 24.4 Å². The van der Waals surface area contributed by atoms with E-state index in [9.17, 15) is 9.18 Å². The van der Waals surface area contributed by atoms with Gasteiger partial charge in [-0.1, -0.05) is 36.4 Å². The molecule has 3 aromatic heterocycles. The van der Waals surface area contributed by atoms with Crippen LogP contribution in [0, 0.1) is 13.0 Å². The number of aromatic nitrogens is 4. The van der Waals surface area contributed by atoms with Gasteiger partial charge in [0.1, 0.15) is 5.69 Å². The summed E-state index contributed by atoms with van der Waals surface area (Å²) in [4.78, 5) is 24.7. The lowest BCUT2D eigenvalue weighted by atomic mass is 10.1. The third-order valence-electron chi connectivity index (χ3n) is 4.93. The number of carbonyl (C=O) groups is 1. The van der Waals surface area contributed by atoms with Crippen LogP contribution in [0.3, 0.4) is 0 Å². The third-order valence-corrected chi connectivity index (χ3v) is 4.93. The second-order valence-corrected chi connectivity index (χ2v) is 6.94. The second kappa shape index (κ2) is 8.91. The number of anilines is 1. The SMILES string of the molecule is CCOC(=O)c1c(C)c(-c2nc(F)nc(NCCc3ccccc3)n2)c2ccccn12. The average molecular weight is 419 g/mol. The molecule has 4 rings (SSSR count). The summed E-state index contributed by atoms with van der Waals surface area (Å²) in [6.45, 7) is 4.32. The Labute approximate surface area is 179 Å². The maximum atomic E-state index is 14.3. The lowest BCUT2D eigenvalue weighted by molar-refractivity contribution is 0.0517. The Morgan fingerprint density at radius 1 is 1.10 bits per heavy atom. The number of hydrogen-bond donors (Lipinski definition) is 1. The van der Waals surface area contributed by atoms with E-state index in [2.05, 4.69) is 20.3 Å². The molecule has 0 aliphatic carbocycles. The topological polar surface area (TPSA) is 81.4 Å². The van der Waals surface area contributed by atoms with Crippen LogP contribution in [0.2, 0.25) is 0 Å². The molecule has 1 N–H and O–H groups in total. The number of esters is 1. The van der Waals surface area contributed by atoms with Crippen LogP contribution in [0.15, 0.2) is 54.7 Å². The van der Waals surface area contributed by atoms with Gasteiger partial charge in [-0.25, -0.2) is 4.79 Å². The van der Waals surface area contributed by atoms with Gasteiger partial charge in [-0.15, -0.1) is 0 Å². The predicted molar refractivity (Wildman–Crippen MR) is 116 cm³/mol. The number of carbonyl (C=O) groups excluding carboxylic acids is 1. The van der Waals surface area contributed by atoms with Crippen LogP contribution in [-0.2, 0) is 11.2 Å². The number of fused-ring (bicyclic) bond motifs is 1. The first-order valence-electron chi connectivity index (χ1n) is 10.0. The highest BCUT2D eigenvalue weighted by Gasteiger charge is 2.24. The Kier molecular flexibility index (Phi) is 5.88. The number of ether oxygens (including phenoxy) is 1. The van der Waals surface area contributed by atoms with Crippen LogP contribution in [0.1, 0.15) is 28.5 Å². The molecule has 0 unspecified atom stereocenters. The zero-order chi connectivity index (χ0) is 21.8. The molecule has 0 spiro atoms. The van der Waals surface area contributed by atoms with Crippen molar-refractivity contribution in [2.24, 2.45) is 0 Å². The molecular weight excluding hydrogens is 397 g/mol. The number of halogens is 1. The van der Waals surface area contributed by atoms with Gasteiger partial charge in [0.25, 0.3) is 0 Å². The molecule has 0 amide bonds. The summed E-state index contributed by atoms with van der Waals surface area (Å²) >= 11 is 0. The first-order chi connectivity index (χ1) is 15.1. The van der Waals surface area contributed by atoms with Crippen LogP contribution in [0.25, 0.3) is 16.9 Å². The van der Waals surface area contributed by atoms with Crippen LogP contribution < -0.4 is 5.32 Å². The van der Waals surface area contributed by atoms with Crippen LogP contribution >= 0.6 is 0 Å². The molecule has 0 saturated carbocycles. The predicted octanol–water partition coefficient (Wildman–Crippen LogP) is 4.07. The Morgan fingerprint density at radius 3 is 2.65 bits per heavy atom. The van der Waals surface area contributed by atoms with Crippen molar-refractivity contribution in [2.75, 3.05) is 18.5 Å². The van der Waals surface area contributed by atoms with Crippen LogP contribution in [-0.4, -0.2) is 38.5 Å². The van der Waals surface area contributed by atoms with Crippen molar-refractivity contribution in [3.63, 3.8) is 0 Å². The summed E-state index contributed by atoms with van der Waals surface area (Å²) in [5, 5.41) is 3.06. The second-order valence-electron chi connectivity index (χ2n) is 6.94. The molecule has 158 valence electrons. The summed E-state index contributed by atoms with van der Waals surface area (Å²) in [6.07, 6.45) is 1.61. The van der Waals surface area contributed by atoms with Crippen molar-refractivity contribution < 1.29 is 13.9 Å². The zero-order valence-corrected chi connectivity index (χ0v) is 17.3. The third kappa shape index (κ3) is 4.23. The summed E-state index contributed by atoms with van der Waals surface area (Å²) in [6, 6.07) is 15.4. The van der Waals surface area contributed by atoms with Crippen molar-refractivity contribution in [2.45, 2.75) is 20.3 Å². The molecule has 4 aromatic rings. The Bertz CT molecular complexity index is 1220. The van der Waals surface area contributed by atoms with Gasteiger partial charge in [-0.05, 0) is 43.5 Å². The highest BCUT2D eigenvalue weighted by Crippen LogP contribution is 2.31. The normalized spacial score (nSPS) is 10.9. The van der Waals surface area contributed by atoms with E-state index in [1.807, 2.05) is 48.5 Å². The number of nitrogens with one attached hydrogen (secondary N) is 1. The minimum atomic E-state index is -0.889. The molecule has 31 heavy (non-hydrogen) atoms. The van der Waals surface area contributed by atoms with Gasteiger partial charge in [0.05, 0.1) is 12.1 Å². The first-order valence-corrected chi connectivity index (χ1v) is 10.0. The monoisotopic (exact) mass is 419 g/mol. The van der Waals surface area contributed by atoms with Gasteiger partial charge >= 0.3 is 12.0 Å². The summed E-state index contributed by atoms with van der Waals surface area (Å²) in [7, 11) is 0. The van der Waals surface area contributed by atoms with Gasteiger partial charge < -0.3 is 14.5 Å². The molecular formula is C23H22FN5O2. The standard InChI is InChI=1S/C23H22FN5O2/c1-3-31-21(30)19-15(2)18(17-11-7-8-14-29(17)19)20-26-22(24)28-23(27-20)25-13-12-16-9-5-4-6-10-16/h4-11,14H,3,12-13H2,1-2H3,(H,25,26,27,28). The summed E-state index contributed by atoms with van der Waals surface area (Å²) in [5.74, 6) is -0.152. The smallest absolute Gasteiger partial charge is 0.355 e. The lowest BCUT2D eigenvalue weighted by Gasteiger charge is -2.07. The lowest BCUT2D eigenvalue weighted by Crippen LogP contribution is -2.11. The van der Waals surface area contributed by atoms with Crippen LogP contribution in [0.4, 0.5) is 10.3 Å². The fourth-order valence-corrected chi connectivity index (χ4v) is 3.57. The Hall–Kier alpha value is -3.81. The molecule has 0 aliphatic rings. The fraction of sp³-hybridized carbons (Fsp3) is 0.217. The Morgan fingerprint density at radius 2 is 1.87 bits per heavy atom. The van der Waals surface area contributed by atoms with E-state index in [0.29, 0.717) is 28.9 Å². The minimum Gasteiger partial charge on any atom is -0.461 e. The van der Waals surface area contributed by atoms with Crippen molar-refractivity contribution in [1.82, 2.24) is 19.4 Å². The van der Waals surface area contributed by atoms with E-state index in [0.717, 1.165) is 12.0 Å². The van der Waals surface area contributed by atoms with Gasteiger partial charge in [0.2, 0.25) is 5.95 Å². The maximum absolute atomic E-state index is 14.3. The van der Waals surface area contributed by atoms with Crippen molar-refractivity contribution in [3.05, 3.63) is 77.6 Å². The molecule has 7 nitrogen and oxygen atoms in total. The highest BCUT2D eigenvalue weighted by molar-refractivity contribution is 5.97. The van der Waals surface area contributed by atoms with Gasteiger partial charge in [0.15, 0.2) is 5.82 Å². The largest absolute Gasteiger partial charge is 0.461 e. The molecule has 0 atom stereocenters. The van der Waals surface area contributed by atoms with Gasteiger partial charge in [-0.3, -0.25) is 0 Å². The zero-order valence-electron chi connectivity index (χ0n) is 17.3. The average Bonchev–Trinajstić information content (AvgIpc) is 3.06. The highest BCUT2D eigenvalue weighted by atomic mass is 19.1. The molecule has 0 bridgehead atoms. The molecule has 0 saturated heterocycles. The van der Waals surface area contributed by atoms with Crippen molar-refractivity contribution >= 4 is 17.4 Å². The van der Waals surface area contributed by atoms with Crippen molar-refractivity contribution in [1.29, 1.82) is 0 Å². The van der Waals surface area contributed by atoms with Gasteiger partial charge in [-0.2, -0.15) is 19.3 Å². The van der Waals surface area contributed by atoms with Crippen LogP contribution in [0.5, 0.6) is 0 Å². The van der Waals surface area contributed by atoms with E-state index in [4.69, 9.17) is 4.74 Å². The van der Waals surface area contributed by atoms with E-state index >= 15 is 0 Å². The maximum Gasteiger partial charge on any atom is 0.355 e. The summed E-state index contributed by atoms with van der Waals surface area (Å²) in [5.41, 5.74) is 3.38. The van der Waals surface area contributed by atoms with E-state index in [1.165, 1.54) is 0 Å². The Balaban J connectivity index is 1.69. The molecule has 3 heterocycles. The van der Waals surface area contributed by atoms with E-state index < -0.39 is 12.0 Å². The minimum absolute atomic E-state index is 0.144. The first kappa shape index (κ1) is 20.5. The number of benzene rings is 1. The molecule has 0 radical (unpaired) electrons. The quantitative estimate of drug-likeness (QED) is 0.455. The summed E-state index contributed by atoms with van der Waals surface area (Å²) < 4.78 is 21.2. The van der Waals surface area contributed by atoms with Crippen molar-refractivity contribution in [3.8, 4) is 11.4 Å². The number of hydrogen-bond acceptors (Lipinski definition) is 6. The van der Waals surface area contributed by atoms with Gasteiger partial charge in [0, 0.05) is 18.3 Å². The number of pyridine rings is 1. The number of nitrogens with zero attached hydrogens (tertiary/aromatic N) is 4. The molecule has 0 fully saturated rings. The molecule has 8 heteroatoms.